The van der Waals surface area contributed by atoms with Gasteiger partial charge in [0.25, 0.3) is 5.91 Å². The minimum Gasteiger partial charge on any atom is -0.397 e. The number of aryl methyl sites for hydroxylation is 1. The molecule has 4 aromatic rings. The number of rotatable bonds is 5. The molecule has 0 atom stereocenters. The Balaban J connectivity index is 0.00000141. The Morgan fingerprint density at radius 2 is 1.53 bits per heavy atom. The van der Waals surface area contributed by atoms with Gasteiger partial charge in [0, 0.05) is 23.2 Å². The Morgan fingerprint density at radius 1 is 0.906 bits per heavy atom. The summed E-state index contributed by atoms with van der Waals surface area (Å²) in [5.41, 5.74) is 13.2. The topological polar surface area (TPSA) is 72.9 Å². The highest BCUT2D eigenvalue weighted by atomic mass is 16.1. The normalized spacial score (nSPS) is 10.2. The molecular formula is C27H30N4O. The van der Waals surface area contributed by atoms with Gasteiger partial charge in [-0.1, -0.05) is 56.3 Å². The Bertz CT molecular complexity index is 1180. The van der Waals surface area contributed by atoms with Crippen LogP contribution in [0.25, 0.3) is 5.69 Å². The molecule has 0 aliphatic rings. The van der Waals surface area contributed by atoms with E-state index in [1.807, 2.05) is 80.1 Å². The van der Waals surface area contributed by atoms with Crippen LogP contribution < -0.4 is 11.1 Å². The summed E-state index contributed by atoms with van der Waals surface area (Å²) in [7, 11) is 0. The lowest BCUT2D eigenvalue weighted by molar-refractivity contribution is 0.102. The lowest BCUT2D eigenvalue weighted by Gasteiger charge is -2.09. The number of hydrogen-bond donors (Lipinski definition) is 2. The molecule has 0 saturated heterocycles. The van der Waals surface area contributed by atoms with Crippen molar-refractivity contribution in [1.29, 1.82) is 0 Å². The molecule has 32 heavy (non-hydrogen) atoms. The first-order valence-corrected chi connectivity index (χ1v) is 10.9. The van der Waals surface area contributed by atoms with Gasteiger partial charge in [0.2, 0.25) is 0 Å². The van der Waals surface area contributed by atoms with E-state index in [4.69, 9.17) is 10.8 Å². The summed E-state index contributed by atoms with van der Waals surface area (Å²) in [5.74, 6) is -0.177. The molecule has 0 bridgehead atoms. The second-order valence-corrected chi connectivity index (χ2v) is 7.31. The van der Waals surface area contributed by atoms with Crippen LogP contribution in [-0.4, -0.2) is 15.7 Å². The molecule has 4 rings (SSSR count). The quantitative estimate of drug-likeness (QED) is 0.388. The Hall–Kier alpha value is -3.86. The molecule has 0 unspecified atom stereocenters. The molecule has 0 aliphatic heterocycles. The summed E-state index contributed by atoms with van der Waals surface area (Å²) >= 11 is 0. The zero-order chi connectivity index (χ0) is 23.1. The van der Waals surface area contributed by atoms with Gasteiger partial charge in [-0.25, -0.2) is 4.68 Å². The van der Waals surface area contributed by atoms with Crippen LogP contribution in [-0.2, 0) is 6.42 Å². The van der Waals surface area contributed by atoms with E-state index in [1.54, 1.807) is 12.1 Å². The van der Waals surface area contributed by atoms with Crippen molar-refractivity contribution in [3.63, 3.8) is 0 Å². The summed E-state index contributed by atoms with van der Waals surface area (Å²) in [6.45, 7) is 8.13. The average Bonchev–Trinajstić information content (AvgIpc) is 3.11. The number of nitrogens with one attached hydrogen (secondary N) is 1. The number of amides is 1. The standard InChI is InChI=1S/C25H24N4O.C2H6/c1-17-22(18(2)29(28-17)21-8-4-3-5-9-21)16-19-12-14-20(15-13-19)25(30)27-24-11-7-6-10-23(24)26;1-2/h3-15H,16,26H2,1-2H3,(H,27,30);1-2H3. The summed E-state index contributed by atoms with van der Waals surface area (Å²) in [6.07, 6.45) is 0.762. The molecule has 0 spiro atoms. The maximum atomic E-state index is 12.5. The smallest absolute Gasteiger partial charge is 0.255 e. The van der Waals surface area contributed by atoms with Gasteiger partial charge in [0.1, 0.15) is 0 Å². The number of carbonyl (C=O) groups excluding carboxylic acids is 1. The fourth-order valence-electron chi connectivity index (χ4n) is 3.53. The second-order valence-electron chi connectivity index (χ2n) is 7.31. The molecule has 5 heteroatoms. The summed E-state index contributed by atoms with van der Waals surface area (Å²) < 4.78 is 1.98. The van der Waals surface area contributed by atoms with Gasteiger partial charge in [-0.05, 0) is 55.8 Å². The first-order chi connectivity index (χ1) is 15.5. The van der Waals surface area contributed by atoms with Crippen molar-refractivity contribution in [2.45, 2.75) is 34.1 Å². The van der Waals surface area contributed by atoms with E-state index in [9.17, 15) is 4.79 Å². The van der Waals surface area contributed by atoms with Crippen molar-refractivity contribution >= 4 is 17.3 Å². The number of para-hydroxylation sites is 3. The third-order valence-corrected chi connectivity index (χ3v) is 5.25. The largest absolute Gasteiger partial charge is 0.397 e. The lowest BCUT2D eigenvalue weighted by atomic mass is 10.0. The number of nitrogens with two attached hydrogens (primary N) is 1. The predicted octanol–water partition coefficient (Wildman–Crippen LogP) is 5.94. The third kappa shape index (κ3) is 5.06. The first kappa shape index (κ1) is 22.8. The summed E-state index contributed by atoms with van der Waals surface area (Å²) in [6, 6.07) is 25.0. The van der Waals surface area contributed by atoms with E-state index in [0.717, 1.165) is 29.1 Å². The van der Waals surface area contributed by atoms with Gasteiger partial charge in [0.05, 0.1) is 22.8 Å². The van der Waals surface area contributed by atoms with E-state index >= 15 is 0 Å². The van der Waals surface area contributed by atoms with Gasteiger partial charge in [-0.3, -0.25) is 4.79 Å². The number of nitrogen functional groups attached to an aromatic ring is 1. The highest BCUT2D eigenvalue weighted by molar-refractivity contribution is 6.05. The number of anilines is 2. The van der Waals surface area contributed by atoms with Gasteiger partial charge < -0.3 is 11.1 Å². The molecule has 0 aliphatic carbocycles. The second kappa shape index (κ2) is 10.4. The van der Waals surface area contributed by atoms with Gasteiger partial charge >= 0.3 is 0 Å². The van der Waals surface area contributed by atoms with Crippen LogP contribution in [0.15, 0.2) is 78.9 Å². The number of carbonyl (C=O) groups is 1. The maximum absolute atomic E-state index is 12.5. The Morgan fingerprint density at radius 3 is 2.19 bits per heavy atom. The van der Waals surface area contributed by atoms with E-state index in [-0.39, 0.29) is 5.91 Å². The van der Waals surface area contributed by atoms with Gasteiger partial charge in [0.15, 0.2) is 0 Å². The summed E-state index contributed by atoms with van der Waals surface area (Å²) in [5, 5.41) is 7.58. The third-order valence-electron chi connectivity index (χ3n) is 5.25. The van der Waals surface area contributed by atoms with Gasteiger partial charge in [-0.2, -0.15) is 5.10 Å². The molecule has 0 radical (unpaired) electrons. The van der Waals surface area contributed by atoms with Crippen molar-refractivity contribution in [2.75, 3.05) is 11.1 Å². The average molecular weight is 427 g/mol. The molecule has 0 saturated carbocycles. The Kier molecular flexibility index (Phi) is 7.45. The minimum absolute atomic E-state index is 0.177. The highest BCUT2D eigenvalue weighted by Gasteiger charge is 2.14. The van der Waals surface area contributed by atoms with E-state index < -0.39 is 0 Å². The van der Waals surface area contributed by atoms with E-state index in [2.05, 4.69) is 24.4 Å². The van der Waals surface area contributed by atoms with Crippen molar-refractivity contribution in [1.82, 2.24) is 9.78 Å². The molecular weight excluding hydrogens is 396 g/mol. The van der Waals surface area contributed by atoms with Crippen molar-refractivity contribution in [3.8, 4) is 5.69 Å². The predicted molar refractivity (Wildman–Crippen MR) is 132 cm³/mol. The fraction of sp³-hybridized carbons (Fsp3) is 0.185. The molecule has 1 amide bonds. The minimum atomic E-state index is -0.177. The molecule has 3 aromatic carbocycles. The first-order valence-electron chi connectivity index (χ1n) is 10.9. The maximum Gasteiger partial charge on any atom is 0.255 e. The van der Waals surface area contributed by atoms with Crippen molar-refractivity contribution < 1.29 is 4.79 Å². The number of benzene rings is 3. The van der Waals surface area contributed by atoms with Crippen LogP contribution in [0.1, 0.15) is 46.7 Å². The fourth-order valence-corrected chi connectivity index (χ4v) is 3.53. The van der Waals surface area contributed by atoms with Crippen LogP contribution in [0.2, 0.25) is 0 Å². The van der Waals surface area contributed by atoms with Crippen LogP contribution in [0, 0.1) is 13.8 Å². The van der Waals surface area contributed by atoms with Gasteiger partial charge in [-0.15, -0.1) is 0 Å². The number of nitrogens with zero attached hydrogens (tertiary/aromatic N) is 2. The molecule has 5 nitrogen and oxygen atoms in total. The monoisotopic (exact) mass is 426 g/mol. The Labute approximate surface area is 189 Å². The SMILES string of the molecule is CC.Cc1nn(-c2ccccc2)c(C)c1Cc1ccc(C(=O)Nc2ccccc2N)cc1. The summed E-state index contributed by atoms with van der Waals surface area (Å²) in [4.78, 5) is 12.5. The van der Waals surface area contributed by atoms with E-state index in [0.29, 0.717) is 16.9 Å². The molecule has 3 N–H and O–H groups in total. The van der Waals surface area contributed by atoms with Crippen LogP contribution >= 0.6 is 0 Å². The zero-order valence-electron chi connectivity index (χ0n) is 19.1. The molecule has 164 valence electrons. The lowest BCUT2D eigenvalue weighted by Crippen LogP contribution is -2.13. The van der Waals surface area contributed by atoms with Crippen molar-refractivity contribution in [2.24, 2.45) is 0 Å². The number of aromatic nitrogens is 2. The van der Waals surface area contributed by atoms with Crippen molar-refractivity contribution in [3.05, 3.63) is 107 Å². The van der Waals surface area contributed by atoms with Crippen LogP contribution in [0.3, 0.4) is 0 Å². The molecule has 1 heterocycles. The molecule has 0 fully saturated rings. The highest BCUT2D eigenvalue weighted by Crippen LogP contribution is 2.22. The zero-order valence-corrected chi connectivity index (χ0v) is 19.1. The number of hydrogen-bond acceptors (Lipinski definition) is 3. The van der Waals surface area contributed by atoms with Crippen LogP contribution in [0.4, 0.5) is 11.4 Å². The van der Waals surface area contributed by atoms with Crippen LogP contribution in [0.5, 0.6) is 0 Å². The van der Waals surface area contributed by atoms with E-state index in [1.165, 1.54) is 5.56 Å². The molecule has 1 aromatic heterocycles.